The summed E-state index contributed by atoms with van der Waals surface area (Å²) in [5, 5.41) is 10.4. The molecule has 0 spiro atoms. The molecule has 4 aromatic rings. The van der Waals surface area contributed by atoms with E-state index in [0.29, 0.717) is 12.5 Å². The van der Waals surface area contributed by atoms with Crippen molar-refractivity contribution in [1.29, 1.82) is 0 Å². The van der Waals surface area contributed by atoms with Gasteiger partial charge in [0.25, 0.3) is 0 Å². The van der Waals surface area contributed by atoms with Crippen molar-refractivity contribution < 1.29 is 4.74 Å². The molecule has 9 nitrogen and oxygen atoms in total. The summed E-state index contributed by atoms with van der Waals surface area (Å²) < 4.78 is 7.94. The number of aromatic amines is 2. The molecule has 1 atom stereocenters. The molecule has 0 amide bonds. The Morgan fingerprint density at radius 2 is 2.03 bits per heavy atom. The second-order valence-corrected chi connectivity index (χ2v) is 8.13. The summed E-state index contributed by atoms with van der Waals surface area (Å²) in [5.74, 6) is 3.47. The Hall–Kier alpha value is -3.20. The summed E-state index contributed by atoms with van der Waals surface area (Å²) in [4.78, 5) is 17.8. The van der Waals surface area contributed by atoms with Crippen molar-refractivity contribution in [2.24, 2.45) is 0 Å². The van der Waals surface area contributed by atoms with E-state index in [9.17, 15) is 0 Å². The molecule has 6 rings (SSSR count). The second kappa shape index (κ2) is 7.24. The van der Waals surface area contributed by atoms with E-state index in [1.165, 1.54) is 0 Å². The van der Waals surface area contributed by atoms with Crippen molar-refractivity contribution in [3.05, 3.63) is 54.3 Å². The van der Waals surface area contributed by atoms with E-state index in [2.05, 4.69) is 46.7 Å². The standard InChI is InChI=1S/C21H24N8O/c1-2-18(25-20-14(1)3-6-23-20)28-11-17(9-16-10-22-13-24-16)29-19(12-28)26-27-21(29)15-4-7-30-8-5-15/h1-3,6,10,13,15,17H,4-5,7-9,11-12H2,(H,22,24)(H,23,25)/t17-/m1/s1. The van der Waals surface area contributed by atoms with E-state index in [1.807, 2.05) is 18.5 Å². The Morgan fingerprint density at radius 1 is 1.10 bits per heavy atom. The Labute approximate surface area is 173 Å². The van der Waals surface area contributed by atoms with Gasteiger partial charge in [-0.2, -0.15) is 0 Å². The molecule has 30 heavy (non-hydrogen) atoms. The van der Waals surface area contributed by atoms with Crippen LogP contribution in [0.5, 0.6) is 0 Å². The molecule has 0 aliphatic carbocycles. The molecule has 2 aliphatic heterocycles. The molecule has 2 aliphatic rings. The maximum atomic E-state index is 5.57. The molecule has 0 unspecified atom stereocenters. The van der Waals surface area contributed by atoms with Gasteiger partial charge in [-0.1, -0.05) is 0 Å². The van der Waals surface area contributed by atoms with E-state index in [1.54, 1.807) is 6.33 Å². The van der Waals surface area contributed by atoms with E-state index >= 15 is 0 Å². The van der Waals surface area contributed by atoms with Crippen LogP contribution in [-0.2, 0) is 17.7 Å². The zero-order chi connectivity index (χ0) is 19.9. The fourth-order valence-electron chi connectivity index (χ4n) is 4.73. The zero-order valence-corrected chi connectivity index (χ0v) is 16.7. The average molecular weight is 404 g/mol. The van der Waals surface area contributed by atoms with Gasteiger partial charge in [0.15, 0.2) is 5.82 Å². The summed E-state index contributed by atoms with van der Waals surface area (Å²) in [5.41, 5.74) is 2.03. The number of rotatable bonds is 4. The SMILES string of the molecule is c1ncc(C[C@@H]2CN(c3ccc4cc[nH]c4n3)Cc3nnc(C4CCOCC4)n32)[nH]1. The highest BCUT2D eigenvalue weighted by Gasteiger charge is 2.33. The fraction of sp³-hybridized carbons (Fsp3) is 0.429. The van der Waals surface area contributed by atoms with Crippen LogP contribution in [0.2, 0.25) is 0 Å². The van der Waals surface area contributed by atoms with Gasteiger partial charge in [0.05, 0.1) is 18.9 Å². The maximum Gasteiger partial charge on any atom is 0.153 e. The molecule has 1 saturated heterocycles. The van der Waals surface area contributed by atoms with Gasteiger partial charge < -0.3 is 24.2 Å². The molecule has 1 fully saturated rings. The Kier molecular flexibility index (Phi) is 4.26. The number of ether oxygens (including phenoxy) is 1. The number of nitrogens with zero attached hydrogens (tertiary/aromatic N) is 6. The number of imidazole rings is 1. The molecule has 6 heterocycles. The van der Waals surface area contributed by atoms with E-state index in [-0.39, 0.29) is 6.04 Å². The second-order valence-electron chi connectivity index (χ2n) is 8.13. The Morgan fingerprint density at radius 3 is 2.90 bits per heavy atom. The summed E-state index contributed by atoms with van der Waals surface area (Å²) in [6, 6.07) is 6.46. The molecule has 0 radical (unpaired) electrons. The van der Waals surface area contributed by atoms with Crippen LogP contribution in [0.4, 0.5) is 5.82 Å². The van der Waals surface area contributed by atoms with E-state index in [0.717, 1.165) is 73.2 Å². The smallest absolute Gasteiger partial charge is 0.153 e. The number of nitrogens with one attached hydrogen (secondary N) is 2. The third-order valence-electron chi connectivity index (χ3n) is 6.24. The van der Waals surface area contributed by atoms with Crippen molar-refractivity contribution in [3.8, 4) is 0 Å². The lowest BCUT2D eigenvalue weighted by Crippen LogP contribution is -2.40. The maximum absolute atomic E-state index is 5.57. The summed E-state index contributed by atoms with van der Waals surface area (Å²) >= 11 is 0. The Bertz CT molecular complexity index is 1140. The van der Waals surface area contributed by atoms with Gasteiger partial charge in [0.2, 0.25) is 0 Å². The van der Waals surface area contributed by atoms with Gasteiger partial charge >= 0.3 is 0 Å². The fourth-order valence-corrected chi connectivity index (χ4v) is 4.73. The van der Waals surface area contributed by atoms with Gasteiger partial charge in [0.1, 0.15) is 17.3 Å². The highest BCUT2D eigenvalue weighted by atomic mass is 16.5. The predicted octanol–water partition coefficient (Wildman–Crippen LogP) is 2.58. The van der Waals surface area contributed by atoms with Crippen molar-refractivity contribution >= 4 is 16.9 Å². The number of fused-ring (bicyclic) bond motifs is 2. The normalized spacial score (nSPS) is 20.0. The zero-order valence-electron chi connectivity index (χ0n) is 16.7. The molecule has 9 heteroatoms. The summed E-state index contributed by atoms with van der Waals surface area (Å²) in [7, 11) is 0. The third-order valence-corrected chi connectivity index (χ3v) is 6.24. The van der Waals surface area contributed by atoms with Crippen LogP contribution in [0.3, 0.4) is 0 Å². The van der Waals surface area contributed by atoms with E-state index < -0.39 is 0 Å². The third kappa shape index (κ3) is 3.06. The molecule has 154 valence electrons. The van der Waals surface area contributed by atoms with Crippen molar-refractivity contribution in [2.45, 2.75) is 37.8 Å². The van der Waals surface area contributed by atoms with Crippen LogP contribution in [0.15, 0.2) is 36.9 Å². The number of pyridine rings is 1. The first-order valence-electron chi connectivity index (χ1n) is 10.5. The average Bonchev–Trinajstić information content (AvgIpc) is 3.54. The first-order chi connectivity index (χ1) is 14.8. The van der Waals surface area contributed by atoms with Crippen molar-refractivity contribution in [2.75, 3.05) is 24.7 Å². The quantitative estimate of drug-likeness (QED) is 0.542. The Balaban J connectivity index is 1.37. The lowest BCUT2D eigenvalue weighted by atomic mass is 9.98. The topological polar surface area (TPSA) is 101 Å². The lowest BCUT2D eigenvalue weighted by Gasteiger charge is -2.36. The van der Waals surface area contributed by atoms with Crippen LogP contribution < -0.4 is 4.90 Å². The summed E-state index contributed by atoms with van der Waals surface area (Å²) in [6.45, 7) is 3.14. The first-order valence-corrected chi connectivity index (χ1v) is 10.5. The van der Waals surface area contributed by atoms with Crippen LogP contribution >= 0.6 is 0 Å². The molecule has 2 N–H and O–H groups in total. The van der Waals surface area contributed by atoms with Crippen LogP contribution in [0, 0.1) is 0 Å². The lowest BCUT2D eigenvalue weighted by molar-refractivity contribution is 0.0822. The van der Waals surface area contributed by atoms with Gasteiger partial charge in [-0.05, 0) is 31.0 Å². The minimum Gasteiger partial charge on any atom is -0.381 e. The minimum absolute atomic E-state index is 0.211. The van der Waals surface area contributed by atoms with Crippen LogP contribution in [0.25, 0.3) is 11.0 Å². The van der Waals surface area contributed by atoms with Gasteiger partial charge in [-0.25, -0.2) is 9.97 Å². The van der Waals surface area contributed by atoms with Gasteiger partial charge in [-0.15, -0.1) is 10.2 Å². The van der Waals surface area contributed by atoms with Gasteiger partial charge in [-0.3, -0.25) is 0 Å². The largest absolute Gasteiger partial charge is 0.381 e. The minimum atomic E-state index is 0.211. The monoisotopic (exact) mass is 404 g/mol. The molecular weight excluding hydrogens is 380 g/mol. The van der Waals surface area contributed by atoms with Crippen molar-refractivity contribution in [1.82, 2.24) is 34.7 Å². The molecular formula is C21H24N8O. The van der Waals surface area contributed by atoms with Crippen LogP contribution in [0.1, 0.15) is 42.1 Å². The number of H-pyrrole nitrogens is 2. The highest BCUT2D eigenvalue weighted by Crippen LogP contribution is 2.33. The summed E-state index contributed by atoms with van der Waals surface area (Å²) in [6.07, 6.45) is 8.43. The molecule has 0 bridgehead atoms. The first kappa shape index (κ1) is 17.6. The molecule has 4 aromatic heterocycles. The van der Waals surface area contributed by atoms with E-state index in [4.69, 9.17) is 9.72 Å². The number of aromatic nitrogens is 7. The molecule has 0 aromatic carbocycles. The van der Waals surface area contributed by atoms with Gasteiger partial charge in [0, 0.05) is 55.6 Å². The number of anilines is 1. The predicted molar refractivity (Wildman–Crippen MR) is 111 cm³/mol. The van der Waals surface area contributed by atoms with Crippen LogP contribution in [-0.4, -0.2) is 54.5 Å². The number of hydrogen-bond acceptors (Lipinski definition) is 6. The molecule has 0 saturated carbocycles. The number of hydrogen-bond donors (Lipinski definition) is 2. The highest BCUT2D eigenvalue weighted by molar-refractivity contribution is 5.77. The van der Waals surface area contributed by atoms with Crippen molar-refractivity contribution in [3.63, 3.8) is 0 Å².